The van der Waals surface area contributed by atoms with E-state index >= 15 is 0 Å². The van der Waals surface area contributed by atoms with Crippen LogP contribution >= 0.6 is 0 Å². The van der Waals surface area contributed by atoms with E-state index in [4.69, 9.17) is 14.5 Å². The van der Waals surface area contributed by atoms with Crippen molar-refractivity contribution < 1.29 is 9.47 Å². The van der Waals surface area contributed by atoms with Gasteiger partial charge in [-0.1, -0.05) is 109 Å². The minimum absolute atomic E-state index is 0.0392. The van der Waals surface area contributed by atoms with E-state index in [1.54, 1.807) is 0 Å². The van der Waals surface area contributed by atoms with E-state index in [-0.39, 0.29) is 12.0 Å². The summed E-state index contributed by atoms with van der Waals surface area (Å²) in [5.74, 6) is 2.73. The molecule has 0 radical (unpaired) electrons. The fraction of sp³-hybridized carbons (Fsp3) is 0.125. The lowest BCUT2D eigenvalue weighted by Gasteiger charge is -2.32. The Morgan fingerprint density at radius 3 is 1.97 bits per heavy atom. The van der Waals surface area contributed by atoms with Crippen molar-refractivity contribution in [3.63, 3.8) is 0 Å². The molecular weight excluding hydrogens is 967 g/mol. The van der Waals surface area contributed by atoms with Crippen LogP contribution in [0.2, 0.25) is 0 Å². The van der Waals surface area contributed by atoms with Crippen molar-refractivity contribution in [2.24, 2.45) is 4.99 Å². The Kier molecular flexibility index (Phi) is 10.7. The normalized spacial score (nSPS) is 17.9. The van der Waals surface area contributed by atoms with E-state index in [2.05, 4.69) is 250 Å². The van der Waals surface area contributed by atoms with Crippen molar-refractivity contribution in [2.75, 3.05) is 9.80 Å². The van der Waals surface area contributed by atoms with Crippen molar-refractivity contribution in [3.8, 4) is 22.9 Å². The molecule has 380 valence electrons. The quantitative estimate of drug-likeness (QED) is 0.145. The average molecular weight is 1020 g/mol. The molecule has 0 bridgehead atoms. The molecule has 5 heterocycles. The van der Waals surface area contributed by atoms with E-state index in [9.17, 15) is 0 Å². The number of anilines is 4. The number of para-hydroxylation sites is 5. The number of aromatic nitrogens is 2. The van der Waals surface area contributed by atoms with E-state index < -0.39 is 0 Å². The second-order valence-corrected chi connectivity index (χ2v) is 21.5. The zero-order valence-corrected chi connectivity index (χ0v) is 43.7. The van der Waals surface area contributed by atoms with Crippen LogP contribution in [0.25, 0.3) is 50.2 Å². The minimum atomic E-state index is -0.218. The molecule has 0 saturated carbocycles. The Morgan fingerprint density at radius 1 is 0.532 bits per heavy atom. The lowest BCUT2D eigenvalue weighted by Crippen LogP contribution is -2.28. The molecule has 2 aromatic heterocycles. The topological polar surface area (TPSA) is 47.2 Å². The number of aliphatic imine (C=N–C) groups is 1. The van der Waals surface area contributed by atoms with Crippen LogP contribution in [0.5, 0.6) is 11.5 Å². The number of ether oxygens (including phenoxy) is 2. The molecule has 0 spiro atoms. The first-order valence-corrected chi connectivity index (χ1v) is 28.0. The summed E-state index contributed by atoms with van der Waals surface area (Å²) in [6.45, 7) is 0. The van der Waals surface area contributed by atoms with Gasteiger partial charge in [0.1, 0.15) is 23.4 Å². The van der Waals surface area contributed by atoms with Gasteiger partial charge in [-0.15, -0.1) is 0 Å². The molecule has 2 unspecified atom stereocenters. The van der Waals surface area contributed by atoms with Gasteiger partial charge in [0.05, 0.1) is 22.5 Å². The molecule has 10 aromatic rings. The van der Waals surface area contributed by atoms with Crippen LogP contribution in [0.15, 0.2) is 263 Å². The van der Waals surface area contributed by atoms with Crippen LogP contribution in [0.3, 0.4) is 0 Å². The lowest BCUT2D eigenvalue weighted by atomic mass is 9.82. The van der Waals surface area contributed by atoms with Crippen molar-refractivity contribution in [1.82, 2.24) is 9.13 Å². The van der Waals surface area contributed by atoms with Crippen LogP contribution in [0.4, 0.5) is 22.7 Å². The monoisotopic (exact) mass is 1020 g/mol. The standard InChI is InChI=1S/C72H55N5O2/c1-5-19-49(20-6-1)74(50-21-7-2-8-22-50)54-32-36-67-60(42-54)57-27-13-15-30-65(57)76(67)53-34-38-69-48(41-53)40-47-18-17-29-59(71(47)78-69)63-45-73-46-64-62-44-56(35-39-70(62)79-72(63)64)77-66-31-16-14-28-58(66)61-43-55(33-37-68(61)77)75(51-23-9-3-10-24-51)52-25-11-4-12-26-52/h1-3,5-11,13-16,19-32,34-36,38-39,41-46,64,72H,4,12,17-18,33,37,40H2. The maximum atomic E-state index is 7.08. The van der Waals surface area contributed by atoms with Crippen LogP contribution < -0.4 is 19.3 Å². The highest BCUT2D eigenvalue weighted by Gasteiger charge is 2.41. The van der Waals surface area contributed by atoms with Crippen LogP contribution in [-0.2, 0) is 12.8 Å². The second kappa shape index (κ2) is 18.6. The van der Waals surface area contributed by atoms with E-state index in [0.717, 1.165) is 102 Å². The van der Waals surface area contributed by atoms with Gasteiger partial charge in [0, 0.05) is 114 Å². The fourth-order valence-corrected chi connectivity index (χ4v) is 13.4. The summed E-state index contributed by atoms with van der Waals surface area (Å²) in [4.78, 5) is 9.78. The Labute approximate surface area is 459 Å². The molecule has 16 rings (SSSR count). The van der Waals surface area contributed by atoms with Gasteiger partial charge in [0.25, 0.3) is 0 Å². The molecule has 3 aliphatic heterocycles. The van der Waals surface area contributed by atoms with Gasteiger partial charge < -0.3 is 28.4 Å². The number of fused-ring (bicyclic) bond motifs is 10. The predicted octanol–water partition coefficient (Wildman–Crippen LogP) is 17.6. The van der Waals surface area contributed by atoms with E-state index in [1.807, 2.05) is 6.20 Å². The van der Waals surface area contributed by atoms with Crippen molar-refractivity contribution >= 4 is 67.7 Å². The highest BCUT2D eigenvalue weighted by Crippen LogP contribution is 2.50. The number of hydrogen-bond acceptors (Lipinski definition) is 5. The predicted molar refractivity (Wildman–Crippen MR) is 323 cm³/mol. The summed E-state index contributed by atoms with van der Waals surface area (Å²) in [6, 6.07) is 70.2. The molecule has 0 fully saturated rings. The Balaban J connectivity index is 0.697. The summed E-state index contributed by atoms with van der Waals surface area (Å²) in [5.41, 5.74) is 21.4. The smallest absolute Gasteiger partial charge is 0.138 e. The lowest BCUT2D eigenvalue weighted by molar-refractivity contribution is 0.261. The summed E-state index contributed by atoms with van der Waals surface area (Å²) < 4.78 is 19.0. The number of hydrogen-bond donors (Lipinski definition) is 0. The largest absolute Gasteiger partial charge is 0.484 e. The Bertz CT molecular complexity index is 4320. The van der Waals surface area contributed by atoms with Gasteiger partial charge in [-0.2, -0.15) is 0 Å². The fourth-order valence-electron chi connectivity index (χ4n) is 13.4. The van der Waals surface area contributed by atoms with E-state index in [0.29, 0.717) is 0 Å². The molecular formula is C72H55N5O2. The summed E-state index contributed by atoms with van der Waals surface area (Å²) in [7, 11) is 0. The molecule has 2 atom stereocenters. The SMILES string of the molecule is C1=CC(N(C2=Cc3c(n(-c4ccc5c(c4)C4C=NC=C(C6=CCCC7=C6Oc6ccc(-n8c9ccccc9c9cc(N(c%10ccccc%10)c%10ccccc%10)ccc98)cc6C7)C4O5)c4ccccc34)CC2)c2ccccc2)=CCC1. The van der Waals surface area contributed by atoms with Gasteiger partial charge in [-0.3, -0.25) is 4.99 Å². The summed E-state index contributed by atoms with van der Waals surface area (Å²) in [6.07, 6.45) is 22.3. The molecule has 0 amide bonds. The molecule has 0 saturated heterocycles. The van der Waals surface area contributed by atoms with Gasteiger partial charge in [-0.25, -0.2) is 0 Å². The number of nitrogens with zero attached hydrogens (tertiary/aromatic N) is 5. The molecule has 8 aromatic carbocycles. The van der Waals surface area contributed by atoms with Gasteiger partial charge in [-0.05, 0) is 159 Å². The average Bonchev–Trinajstić information content (AvgIpc) is 4.24. The molecule has 79 heavy (non-hydrogen) atoms. The second-order valence-electron chi connectivity index (χ2n) is 21.5. The summed E-state index contributed by atoms with van der Waals surface area (Å²) in [5, 5.41) is 3.70. The molecule has 0 N–H and O–H groups in total. The number of rotatable bonds is 9. The zero-order chi connectivity index (χ0) is 52.0. The number of allylic oxidation sites excluding steroid dienone is 7. The van der Waals surface area contributed by atoms with Crippen molar-refractivity contribution in [1.29, 1.82) is 0 Å². The maximum Gasteiger partial charge on any atom is 0.138 e. The van der Waals surface area contributed by atoms with Crippen LogP contribution in [0.1, 0.15) is 60.4 Å². The van der Waals surface area contributed by atoms with Gasteiger partial charge >= 0.3 is 0 Å². The minimum Gasteiger partial charge on any atom is -0.484 e. The van der Waals surface area contributed by atoms with Crippen LogP contribution in [-0.4, -0.2) is 21.5 Å². The highest BCUT2D eigenvalue weighted by atomic mass is 16.5. The molecule has 6 aliphatic rings. The number of benzene rings is 8. The van der Waals surface area contributed by atoms with E-state index in [1.165, 1.54) is 77.7 Å². The third-order valence-corrected chi connectivity index (χ3v) is 17.0. The van der Waals surface area contributed by atoms with Crippen molar-refractivity contribution in [2.45, 2.75) is 57.0 Å². The van der Waals surface area contributed by atoms with Crippen molar-refractivity contribution in [3.05, 3.63) is 281 Å². The third kappa shape index (κ3) is 7.51. The Morgan fingerprint density at radius 2 is 1.22 bits per heavy atom. The molecule has 7 heteroatoms. The first-order chi connectivity index (χ1) is 39.2. The van der Waals surface area contributed by atoms with Gasteiger partial charge in [0.2, 0.25) is 0 Å². The Hall–Kier alpha value is -9.59. The van der Waals surface area contributed by atoms with Crippen LogP contribution in [0, 0.1) is 0 Å². The molecule has 7 nitrogen and oxygen atoms in total. The first kappa shape index (κ1) is 45.6. The highest BCUT2D eigenvalue weighted by molar-refractivity contribution is 6.11. The zero-order valence-electron chi connectivity index (χ0n) is 43.7. The summed E-state index contributed by atoms with van der Waals surface area (Å²) >= 11 is 0. The van der Waals surface area contributed by atoms with Gasteiger partial charge in [0.15, 0.2) is 0 Å². The first-order valence-electron chi connectivity index (χ1n) is 28.0. The maximum absolute atomic E-state index is 7.08. The molecule has 3 aliphatic carbocycles. The third-order valence-electron chi connectivity index (χ3n) is 17.0.